The highest BCUT2D eigenvalue weighted by molar-refractivity contribution is 9.10. The Hall–Kier alpha value is -1.81. The first-order chi connectivity index (χ1) is 10.2. The monoisotopic (exact) mass is 344 g/mol. The summed E-state index contributed by atoms with van der Waals surface area (Å²) in [4.78, 5) is 16.2. The van der Waals surface area contributed by atoms with Crippen LogP contribution in [-0.4, -0.2) is 30.6 Å². The second-order valence-corrected chi connectivity index (χ2v) is 6.05. The van der Waals surface area contributed by atoms with E-state index >= 15 is 0 Å². The third kappa shape index (κ3) is 3.27. The third-order valence-corrected chi connectivity index (χ3v) is 4.28. The maximum absolute atomic E-state index is 12.5. The van der Waals surface area contributed by atoms with Gasteiger partial charge in [0.2, 0.25) is 0 Å². The lowest BCUT2D eigenvalue weighted by atomic mass is 10.1. The van der Waals surface area contributed by atoms with Crippen molar-refractivity contribution in [2.24, 2.45) is 0 Å². The normalized spacial score (nSPS) is 14.8. The molecule has 0 aliphatic carbocycles. The molecular weight excluding hydrogens is 328 g/mol. The molecule has 1 heterocycles. The summed E-state index contributed by atoms with van der Waals surface area (Å²) in [5.41, 5.74) is 2.23. The highest BCUT2D eigenvalue weighted by atomic mass is 79.9. The van der Waals surface area contributed by atoms with E-state index in [9.17, 15) is 4.79 Å². The van der Waals surface area contributed by atoms with Crippen LogP contribution in [0.1, 0.15) is 5.56 Å². The van der Waals surface area contributed by atoms with Crippen LogP contribution in [0.3, 0.4) is 0 Å². The predicted molar refractivity (Wildman–Crippen MR) is 88.6 cm³/mol. The number of amides is 2. The van der Waals surface area contributed by atoms with E-state index in [4.69, 9.17) is 0 Å². The largest absolute Gasteiger partial charge is 0.324 e. The van der Waals surface area contributed by atoms with E-state index in [0.29, 0.717) is 0 Å². The van der Waals surface area contributed by atoms with Crippen molar-refractivity contribution in [1.82, 2.24) is 4.90 Å². The lowest BCUT2D eigenvalue weighted by Gasteiger charge is -2.18. The van der Waals surface area contributed by atoms with Gasteiger partial charge in [0.15, 0.2) is 0 Å². The van der Waals surface area contributed by atoms with Gasteiger partial charge < -0.3 is 4.90 Å². The lowest BCUT2D eigenvalue weighted by molar-refractivity contribution is 0.221. The van der Waals surface area contributed by atoms with Gasteiger partial charge in [-0.25, -0.2) is 4.79 Å². The molecule has 0 atom stereocenters. The summed E-state index contributed by atoms with van der Waals surface area (Å²) in [5, 5.41) is 0. The molecule has 0 aromatic heterocycles. The topological polar surface area (TPSA) is 23.6 Å². The third-order valence-electron chi connectivity index (χ3n) is 3.75. The van der Waals surface area contributed by atoms with E-state index in [1.807, 2.05) is 52.3 Å². The maximum atomic E-state index is 12.5. The zero-order valence-corrected chi connectivity index (χ0v) is 13.3. The zero-order valence-electron chi connectivity index (χ0n) is 11.7. The number of carbonyl (C=O) groups is 1. The molecule has 1 aliphatic heterocycles. The number of halogens is 1. The molecule has 108 valence electrons. The van der Waals surface area contributed by atoms with E-state index in [2.05, 4.69) is 28.1 Å². The van der Waals surface area contributed by atoms with Crippen LogP contribution >= 0.6 is 15.9 Å². The Morgan fingerprint density at radius 3 is 2.38 bits per heavy atom. The molecule has 2 aromatic rings. The molecule has 0 unspecified atom stereocenters. The fraction of sp³-hybridized carbons (Fsp3) is 0.235. The van der Waals surface area contributed by atoms with E-state index in [1.165, 1.54) is 5.56 Å². The predicted octanol–water partition coefficient (Wildman–Crippen LogP) is 3.93. The molecule has 1 saturated heterocycles. The fourth-order valence-corrected chi connectivity index (χ4v) is 2.82. The Morgan fingerprint density at radius 1 is 0.952 bits per heavy atom. The first-order valence-electron chi connectivity index (χ1n) is 7.10. The summed E-state index contributed by atoms with van der Waals surface area (Å²) in [5.74, 6) is 0. The first-order valence-corrected chi connectivity index (χ1v) is 7.89. The summed E-state index contributed by atoms with van der Waals surface area (Å²) < 4.78 is 1.03. The van der Waals surface area contributed by atoms with Gasteiger partial charge in [0.1, 0.15) is 0 Å². The molecule has 0 radical (unpaired) electrons. The second-order valence-electron chi connectivity index (χ2n) is 5.13. The summed E-state index contributed by atoms with van der Waals surface area (Å²) in [6.45, 7) is 2.33. The molecule has 0 spiro atoms. The van der Waals surface area contributed by atoms with Gasteiger partial charge in [0, 0.05) is 29.8 Å². The van der Waals surface area contributed by atoms with E-state index in [0.717, 1.165) is 36.2 Å². The smallest absolute Gasteiger partial charge is 0.322 e. The van der Waals surface area contributed by atoms with E-state index in [1.54, 1.807) is 0 Å². The molecular formula is C17H17BrN2O. The molecule has 0 bridgehead atoms. The number of benzene rings is 2. The molecule has 0 saturated carbocycles. The van der Waals surface area contributed by atoms with Gasteiger partial charge in [-0.2, -0.15) is 0 Å². The van der Waals surface area contributed by atoms with Crippen LogP contribution in [0, 0.1) is 0 Å². The van der Waals surface area contributed by atoms with Crippen LogP contribution in [0.25, 0.3) is 0 Å². The fourth-order valence-electron chi connectivity index (χ4n) is 2.56. The number of hydrogen-bond acceptors (Lipinski definition) is 1. The van der Waals surface area contributed by atoms with Crippen LogP contribution in [0.5, 0.6) is 0 Å². The quantitative estimate of drug-likeness (QED) is 0.824. The molecule has 1 fully saturated rings. The number of nitrogens with zero attached hydrogens (tertiary/aromatic N) is 2. The van der Waals surface area contributed by atoms with Crippen molar-refractivity contribution in [3.05, 3.63) is 64.6 Å². The molecule has 3 nitrogen and oxygen atoms in total. The Morgan fingerprint density at radius 2 is 1.67 bits per heavy atom. The minimum atomic E-state index is 0.105. The van der Waals surface area contributed by atoms with E-state index < -0.39 is 0 Å². The minimum Gasteiger partial charge on any atom is -0.322 e. The molecule has 2 aromatic carbocycles. The average Bonchev–Trinajstić information content (AvgIpc) is 2.88. The van der Waals surface area contributed by atoms with Crippen molar-refractivity contribution in [2.45, 2.75) is 6.42 Å². The zero-order chi connectivity index (χ0) is 14.7. The Balaban J connectivity index is 1.62. The van der Waals surface area contributed by atoms with Crippen LogP contribution in [0.15, 0.2) is 59.1 Å². The second kappa shape index (κ2) is 6.31. The van der Waals surface area contributed by atoms with Crippen molar-refractivity contribution in [3.8, 4) is 0 Å². The Kier molecular flexibility index (Phi) is 4.25. The first kappa shape index (κ1) is 14.1. The lowest BCUT2D eigenvalue weighted by Crippen LogP contribution is -2.33. The van der Waals surface area contributed by atoms with Gasteiger partial charge in [0.05, 0.1) is 0 Å². The Bertz CT molecular complexity index is 612. The summed E-state index contributed by atoms with van der Waals surface area (Å²) >= 11 is 3.42. The molecule has 3 rings (SSSR count). The number of urea groups is 1. The van der Waals surface area contributed by atoms with Crippen LogP contribution < -0.4 is 4.90 Å². The van der Waals surface area contributed by atoms with Crippen molar-refractivity contribution in [3.63, 3.8) is 0 Å². The average molecular weight is 345 g/mol. The molecule has 21 heavy (non-hydrogen) atoms. The molecule has 4 heteroatoms. The van der Waals surface area contributed by atoms with Gasteiger partial charge >= 0.3 is 6.03 Å². The van der Waals surface area contributed by atoms with Gasteiger partial charge in [-0.15, -0.1) is 0 Å². The van der Waals surface area contributed by atoms with Gasteiger partial charge in [-0.05, 0) is 36.2 Å². The van der Waals surface area contributed by atoms with E-state index in [-0.39, 0.29) is 6.03 Å². The standard InChI is InChI=1S/C17H17BrN2O/c18-15-6-8-16(9-7-15)20-13-12-19(17(20)21)11-10-14-4-2-1-3-5-14/h1-9H,10-13H2. The van der Waals surface area contributed by atoms with Crippen molar-refractivity contribution in [1.29, 1.82) is 0 Å². The maximum Gasteiger partial charge on any atom is 0.324 e. The SMILES string of the molecule is O=C1N(CCc2ccccc2)CCN1c1ccc(Br)cc1. The summed E-state index contributed by atoms with van der Waals surface area (Å²) in [7, 11) is 0. The Labute approximate surface area is 133 Å². The molecule has 2 amide bonds. The number of rotatable bonds is 4. The van der Waals surface area contributed by atoms with Crippen molar-refractivity contribution in [2.75, 3.05) is 24.5 Å². The van der Waals surface area contributed by atoms with Gasteiger partial charge in [-0.1, -0.05) is 46.3 Å². The van der Waals surface area contributed by atoms with Crippen molar-refractivity contribution >= 4 is 27.6 Å². The van der Waals surface area contributed by atoms with Crippen LogP contribution in [-0.2, 0) is 6.42 Å². The summed E-state index contributed by atoms with van der Waals surface area (Å²) in [6, 6.07) is 18.3. The highest BCUT2D eigenvalue weighted by Crippen LogP contribution is 2.22. The van der Waals surface area contributed by atoms with Crippen molar-refractivity contribution < 1.29 is 4.79 Å². The molecule has 0 N–H and O–H groups in total. The van der Waals surface area contributed by atoms with Crippen LogP contribution in [0.4, 0.5) is 10.5 Å². The minimum absolute atomic E-state index is 0.105. The van der Waals surface area contributed by atoms with Gasteiger partial charge in [-0.3, -0.25) is 4.90 Å². The number of hydrogen-bond donors (Lipinski definition) is 0. The van der Waals surface area contributed by atoms with Gasteiger partial charge in [0.25, 0.3) is 0 Å². The highest BCUT2D eigenvalue weighted by Gasteiger charge is 2.28. The number of anilines is 1. The summed E-state index contributed by atoms with van der Waals surface area (Å²) in [6.07, 6.45) is 0.904. The van der Waals surface area contributed by atoms with Crippen LogP contribution in [0.2, 0.25) is 0 Å². The molecule has 1 aliphatic rings. The number of carbonyl (C=O) groups excluding carboxylic acids is 1.